The first-order chi connectivity index (χ1) is 10.5. The summed E-state index contributed by atoms with van der Waals surface area (Å²) in [5.74, 6) is 1.35. The summed E-state index contributed by atoms with van der Waals surface area (Å²) >= 11 is 2.98. The van der Waals surface area contributed by atoms with E-state index in [0.717, 1.165) is 22.4 Å². The molecule has 1 aromatic rings. The number of rotatable bonds is 6. The molecule has 2 N–H and O–H groups in total. The summed E-state index contributed by atoms with van der Waals surface area (Å²) in [6.45, 7) is 9.32. The third-order valence-corrected chi connectivity index (χ3v) is 6.48. The van der Waals surface area contributed by atoms with E-state index in [1.807, 2.05) is 13.8 Å². The van der Waals surface area contributed by atoms with E-state index in [1.54, 1.807) is 0 Å². The van der Waals surface area contributed by atoms with E-state index in [-0.39, 0.29) is 11.2 Å². The van der Waals surface area contributed by atoms with Gasteiger partial charge in [0.1, 0.15) is 0 Å². The van der Waals surface area contributed by atoms with Crippen molar-refractivity contribution in [2.75, 3.05) is 11.9 Å². The summed E-state index contributed by atoms with van der Waals surface area (Å²) in [7, 11) is 0. The Morgan fingerprint density at radius 2 is 2.18 bits per heavy atom. The van der Waals surface area contributed by atoms with E-state index in [9.17, 15) is 4.79 Å². The minimum Gasteiger partial charge on any atom is -0.360 e. The highest BCUT2D eigenvalue weighted by Gasteiger charge is 2.29. The smallest absolute Gasteiger partial charge is 0.233 e. The fraction of sp³-hybridized carbons (Fsp3) is 0.800. The Morgan fingerprint density at radius 1 is 1.41 bits per heavy atom. The molecular formula is C15H26N4OS2. The summed E-state index contributed by atoms with van der Waals surface area (Å²) in [4.78, 5) is 12.4. The van der Waals surface area contributed by atoms with Gasteiger partial charge in [-0.3, -0.25) is 4.79 Å². The van der Waals surface area contributed by atoms with Crippen LogP contribution in [0, 0.1) is 11.8 Å². The molecule has 1 fully saturated rings. The van der Waals surface area contributed by atoms with Gasteiger partial charge in [-0.1, -0.05) is 49.8 Å². The highest BCUT2D eigenvalue weighted by atomic mass is 32.2. The molecule has 4 atom stereocenters. The quantitative estimate of drug-likeness (QED) is 0.776. The zero-order valence-corrected chi connectivity index (χ0v) is 15.4. The SMILES string of the molecule is CCNc1nnc(S[C@H](C)C(=O)N[C@H]2CCC[C@@H](C)[C@@H]2C)s1. The van der Waals surface area contributed by atoms with E-state index in [1.165, 1.54) is 35.9 Å². The third kappa shape index (κ3) is 4.59. The van der Waals surface area contributed by atoms with Gasteiger partial charge in [-0.2, -0.15) is 0 Å². The molecule has 1 saturated carbocycles. The zero-order chi connectivity index (χ0) is 16.1. The summed E-state index contributed by atoms with van der Waals surface area (Å²) in [6.07, 6.45) is 3.58. The van der Waals surface area contributed by atoms with E-state index in [2.05, 4.69) is 34.7 Å². The van der Waals surface area contributed by atoms with Crippen molar-refractivity contribution in [1.29, 1.82) is 0 Å². The first-order valence-corrected chi connectivity index (χ1v) is 9.75. The second kappa shape index (κ2) is 8.15. The van der Waals surface area contributed by atoms with Gasteiger partial charge < -0.3 is 10.6 Å². The van der Waals surface area contributed by atoms with Gasteiger partial charge in [0.05, 0.1) is 5.25 Å². The normalized spacial score (nSPS) is 26.5. The summed E-state index contributed by atoms with van der Waals surface area (Å²) in [5, 5.41) is 15.2. The lowest BCUT2D eigenvalue weighted by molar-refractivity contribution is -0.121. The molecule has 2 rings (SSSR count). The van der Waals surface area contributed by atoms with Gasteiger partial charge in [0.2, 0.25) is 11.0 Å². The molecule has 0 spiro atoms. The van der Waals surface area contributed by atoms with Gasteiger partial charge in [0.25, 0.3) is 0 Å². The van der Waals surface area contributed by atoms with Crippen LogP contribution in [0.2, 0.25) is 0 Å². The zero-order valence-electron chi connectivity index (χ0n) is 13.8. The Labute approximate surface area is 141 Å². The fourth-order valence-electron chi connectivity index (χ4n) is 2.77. The van der Waals surface area contributed by atoms with Gasteiger partial charge >= 0.3 is 0 Å². The molecule has 7 heteroatoms. The van der Waals surface area contributed by atoms with Crippen LogP contribution in [0.4, 0.5) is 5.13 Å². The van der Waals surface area contributed by atoms with E-state index >= 15 is 0 Å². The van der Waals surface area contributed by atoms with Crippen LogP contribution in [0.5, 0.6) is 0 Å². The molecule has 0 radical (unpaired) electrons. The number of hydrogen-bond donors (Lipinski definition) is 2. The lowest BCUT2D eigenvalue weighted by atomic mass is 9.78. The number of aromatic nitrogens is 2. The van der Waals surface area contributed by atoms with Gasteiger partial charge in [0.15, 0.2) is 4.34 Å². The molecule has 1 aliphatic carbocycles. The van der Waals surface area contributed by atoms with Gasteiger partial charge in [0, 0.05) is 12.6 Å². The first-order valence-electron chi connectivity index (χ1n) is 8.05. The van der Waals surface area contributed by atoms with Crippen LogP contribution in [0.1, 0.15) is 47.0 Å². The first kappa shape index (κ1) is 17.5. The van der Waals surface area contributed by atoms with Crippen LogP contribution in [0.25, 0.3) is 0 Å². The second-order valence-electron chi connectivity index (χ2n) is 6.05. The largest absolute Gasteiger partial charge is 0.360 e. The Hall–Kier alpha value is -0.820. The highest BCUT2D eigenvalue weighted by Crippen LogP contribution is 2.31. The predicted octanol–water partition coefficient (Wildman–Crippen LogP) is 3.39. The Bertz CT molecular complexity index is 494. The molecular weight excluding hydrogens is 316 g/mol. The number of amides is 1. The lowest BCUT2D eigenvalue weighted by Gasteiger charge is -2.35. The maximum atomic E-state index is 12.4. The summed E-state index contributed by atoms with van der Waals surface area (Å²) in [6, 6.07) is 0.311. The maximum Gasteiger partial charge on any atom is 0.233 e. The minimum absolute atomic E-state index is 0.108. The Balaban J connectivity index is 1.85. The molecule has 0 aromatic carbocycles. The molecule has 1 aliphatic rings. The summed E-state index contributed by atoms with van der Waals surface area (Å²) < 4.78 is 0.837. The average Bonchev–Trinajstić information content (AvgIpc) is 2.91. The number of nitrogens with one attached hydrogen (secondary N) is 2. The van der Waals surface area contributed by atoms with Crippen LogP contribution in [0.15, 0.2) is 4.34 Å². The fourth-order valence-corrected chi connectivity index (χ4v) is 4.74. The molecule has 1 amide bonds. The van der Waals surface area contributed by atoms with E-state index < -0.39 is 0 Å². The van der Waals surface area contributed by atoms with Crippen LogP contribution in [0.3, 0.4) is 0 Å². The van der Waals surface area contributed by atoms with Crippen molar-refractivity contribution in [3.05, 3.63) is 0 Å². The van der Waals surface area contributed by atoms with Gasteiger partial charge in [-0.05, 0) is 32.1 Å². The molecule has 22 heavy (non-hydrogen) atoms. The maximum absolute atomic E-state index is 12.4. The average molecular weight is 343 g/mol. The van der Waals surface area contributed by atoms with E-state index in [0.29, 0.717) is 17.9 Å². The topological polar surface area (TPSA) is 66.9 Å². The number of carbonyl (C=O) groups excluding carboxylic acids is 1. The Kier molecular flexibility index (Phi) is 6.50. The molecule has 1 aromatic heterocycles. The van der Waals surface area contributed by atoms with Crippen LogP contribution < -0.4 is 10.6 Å². The molecule has 0 bridgehead atoms. The molecule has 124 valence electrons. The number of nitrogens with zero attached hydrogens (tertiary/aromatic N) is 2. The van der Waals surface area contributed by atoms with Crippen molar-refractivity contribution in [3.8, 4) is 0 Å². The van der Waals surface area contributed by atoms with Crippen molar-refractivity contribution < 1.29 is 4.79 Å². The minimum atomic E-state index is -0.146. The monoisotopic (exact) mass is 342 g/mol. The van der Waals surface area contributed by atoms with Gasteiger partial charge in [-0.15, -0.1) is 10.2 Å². The highest BCUT2D eigenvalue weighted by molar-refractivity contribution is 8.02. The molecule has 0 saturated heterocycles. The Morgan fingerprint density at radius 3 is 2.91 bits per heavy atom. The number of carbonyl (C=O) groups is 1. The molecule has 5 nitrogen and oxygen atoms in total. The number of thioether (sulfide) groups is 1. The lowest BCUT2D eigenvalue weighted by Crippen LogP contribution is -2.46. The predicted molar refractivity (Wildman–Crippen MR) is 93.5 cm³/mol. The van der Waals surface area contributed by atoms with Crippen LogP contribution >= 0.6 is 23.1 Å². The second-order valence-corrected chi connectivity index (χ2v) is 8.61. The van der Waals surface area contributed by atoms with Crippen molar-refractivity contribution in [1.82, 2.24) is 15.5 Å². The summed E-state index contributed by atoms with van der Waals surface area (Å²) in [5.41, 5.74) is 0. The van der Waals surface area contributed by atoms with Crippen molar-refractivity contribution in [2.45, 2.75) is 62.6 Å². The van der Waals surface area contributed by atoms with Gasteiger partial charge in [-0.25, -0.2) is 0 Å². The van der Waals surface area contributed by atoms with Crippen molar-refractivity contribution in [3.63, 3.8) is 0 Å². The standard InChI is InChI=1S/C15H26N4OS2/c1-5-16-14-18-19-15(22-14)21-11(4)13(20)17-12-8-6-7-9(2)10(12)3/h9-12H,5-8H2,1-4H3,(H,16,18)(H,17,20)/t9-,10+,11-,12+/m1/s1. The van der Waals surface area contributed by atoms with Crippen LogP contribution in [-0.2, 0) is 4.79 Å². The molecule has 0 aliphatic heterocycles. The number of anilines is 1. The van der Waals surface area contributed by atoms with E-state index in [4.69, 9.17) is 0 Å². The number of hydrogen-bond acceptors (Lipinski definition) is 6. The van der Waals surface area contributed by atoms with Crippen LogP contribution in [-0.4, -0.2) is 33.9 Å². The third-order valence-electron chi connectivity index (χ3n) is 4.42. The van der Waals surface area contributed by atoms with Crippen molar-refractivity contribution >= 4 is 34.1 Å². The van der Waals surface area contributed by atoms with Crippen molar-refractivity contribution in [2.24, 2.45) is 11.8 Å². The molecule has 0 unspecified atom stereocenters. The molecule has 1 heterocycles.